The van der Waals surface area contributed by atoms with Crippen molar-refractivity contribution in [1.29, 1.82) is 0 Å². The van der Waals surface area contributed by atoms with Crippen LogP contribution in [-0.4, -0.2) is 4.27 Å². The summed E-state index contributed by atoms with van der Waals surface area (Å²) in [5, 5.41) is 0. The van der Waals surface area contributed by atoms with Gasteiger partial charge in [0.1, 0.15) is 5.75 Å². The molecule has 0 fully saturated rings. The first-order valence-corrected chi connectivity index (χ1v) is 4.49. The zero-order valence-electron chi connectivity index (χ0n) is 6.27. The molecule has 0 unspecified atom stereocenters. The first kappa shape index (κ1) is 8.08. The van der Waals surface area contributed by atoms with E-state index in [2.05, 4.69) is 25.3 Å². The molecule has 1 aromatic rings. The molecule has 0 amide bonds. The highest BCUT2D eigenvalue weighted by Gasteiger charge is 2.22. The van der Waals surface area contributed by atoms with E-state index in [0.29, 0.717) is 0 Å². The number of benzene rings is 1. The number of thiol groups is 2. The van der Waals surface area contributed by atoms with E-state index in [9.17, 15) is 0 Å². The smallest absolute Gasteiger partial charge is 0.215 e. The number of para-hydroxylation sites is 1. The molecule has 0 atom stereocenters. The van der Waals surface area contributed by atoms with E-state index in [4.69, 9.17) is 4.74 Å². The predicted molar refractivity (Wildman–Crippen MR) is 56.8 cm³/mol. The van der Waals surface area contributed by atoms with Crippen LogP contribution in [0.25, 0.3) is 6.08 Å². The molecule has 0 bridgehead atoms. The molecule has 0 aromatic heterocycles. The molecule has 0 radical (unpaired) electrons. The Labute approximate surface area is 82.3 Å². The molecular weight excluding hydrogens is 188 g/mol. The summed E-state index contributed by atoms with van der Waals surface area (Å²) >= 11 is 8.40. The van der Waals surface area contributed by atoms with E-state index < -0.39 is 4.27 Å². The zero-order valence-corrected chi connectivity index (χ0v) is 8.06. The van der Waals surface area contributed by atoms with Gasteiger partial charge in [-0.25, -0.2) is 0 Å². The average Bonchev–Trinajstić information content (AvgIpc) is 2.02. The van der Waals surface area contributed by atoms with Gasteiger partial charge in [-0.05, 0) is 18.2 Å². The Balaban J connectivity index is 2.46. The Kier molecular flexibility index (Phi) is 1.85. The van der Waals surface area contributed by atoms with E-state index in [1.165, 1.54) is 0 Å². The Bertz CT molecular complexity index is 331. The fraction of sp³-hybridized carbons (Fsp3) is 0.111. The molecule has 1 aliphatic rings. The van der Waals surface area contributed by atoms with Crippen LogP contribution < -0.4 is 4.74 Å². The molecule has 0 aliphatic carbocycles. The molecule has 12 heavy (non-hydrogen) atoms. The summed E-state index contributed by atoms with van der Waals surface area (Å²) in [7, 11) is 0. The first-order chi connectivity index (χ1) is 5.67. The van der Waals surface area contributed by atoms with Gasteiger partial charge in [-0.2, -0.15) is 0 Å². The molecule has 0 spiro atoms. The van der Waals surface area contributed by atoms with Gasteiger partial charge < -0.3 is 4.74 Å². The van der Waals surface area contributed by atoms with Crippen LogP contribution in [0, 0.1) is 0 Å². The second-order valence-electron chi connectivity index (χ2n) is 2.63. The van der Waals surface area contributed by atoms with Crippen LogP contribution in [0.1, 0.15) is 5.56 Å². The van der Waals surface area contributed by atoms with Gasteiger partial charge in [-0.15, -0.1) is 25.3 Å². The lowest BCUT2D eigenvalue weighted by Crippen LogP contribution is -2.21. The minimum atomic E-state index is -0.769. The van der Waals surface area contributed by atoms with Crippen molar-refractivity contribution in [2.45, 2.75) is 4.27 Å². The summed E-state index contributed by atoms with van der Waals surface area (Å²) in [5.41, 5.74) is 1.07. The third-order valence-electron chi connectivity index (χ3n) is 1.66. The highest BCUT2D eigenvalue weighted by atomic mass is 32.2. The normalized spacial score (nSPS) is 18.2. The molecule has 1 nitrogen and oxygen atoms in total. The summed E-state index contributed by atoms with van der Waals surface area (Å²) in [6.07, 6.45) is 3.76. The lowest BCUT2D eigenvalue weighted by molar-refractivity contribution is 0.303. The van der Waals surface area contributed by atoms with E-state index in [0.717, 1.165) is 11.3 Å². The Morgan fingerprint density at radius 1 is 1.17 bits per heavy atom. The minimum absolute atomic E-state index is 0.769. The van der Waals surface area contributed by atoms with Crippen LogP contribution in [0.15, 0.2) is 30.3 Å². The maximum absolute atomic E-state index is 5.46. The number of fused-ring (bicyclic) bond motifs is 1. The standard InChI is InChI=1S/C9H8OS2/c11-9(12)6-5-7-3-1-2-4-8(7)10-9/h1-6,11-12H. The maximum atomic E-state index is 5.46. The van der Waals surface area contributed by atoms with Gasteiger partial charge in [0.25, 0.3) is 0 Å². The quantitative estimate of drug-likeness (QED) is 0.479. The predicted octanol–water partition coefficient (Wildman–Crippen LogP) is 2.61. The van der Waals surface area contributed by atoms with Crippen LogP contribution in [0.5, 0.6) is 5.75 Å². The van der Waals surface area contributed by atoms with Crippen LogP contribution in [-0.2, 0) is 0 Å². The lowest BCUT2D eigenvalue weighted by atomic mass is 10.1. The average molecular weight is 196 g/mol. The molecule has 62 valence electrons. The van der Waals surface area contributed by atoms with E-state index in [1.807, 2.05) is 36.4 Å². The largest absolute Gasteiger partial charge is 0.464 e. The lowest BCUT2D eigenvalue weighted by Gasteiger charge is -2.25. The van der Waals surface area contributed by atoms with Crippen LogP contribution in [0.3, 0.4) is 0 Å². The number of ether oxygens (including phenoxy) is 1. The summed E-state index contributed by atoms with van der Waals surface area (Å²) in [5.74, 6) is 0.824. The molecule has 0 saturated heterocycles. The molecule has 0 saturated carbocycles. The van der Waals surface area contributed by atoms with Gasteiger partial charge in [0, 0.05) is 5.56 Å². The van der Waals surface area contributed by atoms with Crippen molar-refractivity contribution in [2.24, 2.45) is 0 Å². The fourth-order valence-electron chi connectivity index (χ4n) is 1.11. The van der Waals surface area contributed by atoms with Crippen LogP contribution >= 0.6 is 25.3 Å². The van der Waals surface area contributed by atoms with Crippen LogP contribution in [0.4, 0.5) is 0 Å². The van der Waals surface area contributed by atoms with Crippen molar-refractivity contribution in [3.8, 4) is 5.75 Å². The Morgan fingerprint density at radius 3 is 2.75 bits per heavy atom. The van der Waals surface area contributed by atoms with Crippen LogP contribution in [0.2, 0.25) is 0 Å². The van der Waals surface area contributed by atoms with Gasteiger partial charge in [-0.3, -0.25) is 0 Å². The van der Waals surface area contributed by atoms with E-state index >= 15 is 0 Å². The van der Waals surface area contributed by atoms with Gasteiger partial charge >= 0.3 is 0 Å². The zero-order chi connectivity index (χ0) is 8.60. The summed E-state index contributed by atoms with van der Waals surface area (Å²) < 4.78 is 4.69. The molecule has 1 aliphatic heterocycles. The van der Waals surface area contributed by atoms with Crippen molar-refractivity contribution in [3.05, 3.63) is 35.9 Å². The third-order valence-corrected chi connectivity index (χ3v) is 2.14. The number of hydrogen-bond acceptors (Lipinski definition) is 3. The van der Waals surface area contributed by atoms with Gasteiger partial charge in [0.2, 0.25) is 4.27 Å². The maximum Gasteiger partial charge on any atom is 0.215 e. The van der Waals surface area contributed by atoms with Crippen molar-refractivity contribution >= 4 is 31.3 Å². The molecule has 1 heterocycles. The Hall–Kier alpha value is -0.540. The van der Waals surface area contributed by atoms with Gasteiger partial charge in [0.05, 0.1) is 0 Å². The fourth-order valence-corrected chi connectivity index (χ4v) is 1.45. The Morgan fingerprint density at radius 2 is 1.92 bits per heavy atom. The molecular formula is C9H8OS2. The second kappa shape index (κ2) is 2.75. The second-order valence-corrected chi connectivity index (χ2v) is 4.31. The van der Waals surface area contributed by atoms with Crippen molar-refractivity contribution in [2.75, 3.05) is 0 Å². The van der Waals surface area contributed by atoms with Gasteiger partial charge in [0.15, 0.2) is 0 Å². The minimum Gasteiger partial charge on any atom is -0.464 e. The summed E-state index contributed by atoms with van der Waals surface area (Å²) in [6, 6.07) is 7.79. The monoisotopic (exact) mass is 196 g/mol. The third kappa shape index (κ3) is 1.47. The summed E-state index contributed by atoms with van der Waals surface area (Å²) in [4.78, 5) is 0. The highest BCUT2D eigenvalue weighted by Crippen LogP contribution is 2.34. The highest BCUT2D eigenvalue weighted by molar-refractivity contribution is 8.00. The number of rotatable bonds is 0. The topological polar surface area (TPSA) is 9.23 Å². The molecule has 3 heteroatoms. The molecule has 1 aromatic carbocycles. The van der Waals surface area contributed by atoms with E-state index in [-0.39, 0.29) is 0 Å². The molecule has 2 rings (SSSR count). The van der Waals surface area contributed by atoms with Gasteiger partial charge in [-0.1, -0.05) is 18.2 Å². The van der Waals surface area contributed by atoms with E-state index in [1.54, 1.807) is 0 Å². The SMILES string of the molecule is SC1(S)C=Cc2ccccc2O1. The van der Waals surface area contributed by atoms with Crippen molar-refractivity contribution in [1.82, 2.24) is 0 Å². The summed E-state index contributed by atoms with van der Waals surface area (Å²) in [6.45, 7) is 0. The van der Waals surface area contributed by atoms with Crippen molar-refractivity contribution < 1.29 is 4.74 Å². The number of hydrogen-bond donors (Lipinski definition) is 2. The molecule has 0 N–H and O–H groups in total. The first-order valence-electron chi connectivity index (χ1n) is 3.59. The van der Waals surface area contributed by atoms with Crippen molar-refractivity contribution in [3.63, 3.8) is 0 Å².